The van der Waals surface area contributed by atoms with Crippen molar-refractivity contribution >= 4 is 5.78 Å². The largest absolute Gasteiger partial charge is 0.361 e. The van der Waals surface area contributed by atoms with Crippen molar-refractivity contribution in [1.82, 2.24) is 15.3 Å². The third-order valence-corrected chi connectivity index (χ3v) is 3.73. The molecule has 1 aliphatic heterocycles. The molecule has 19 heavy (non-hydrogen) atoms. The zero-order valence-electron chi connectivity index (χ0n) is 10.7. The number of nitriles is 1. The fourth-order valence-electron chi connectivity index (χ4n) is 2.87. The lowest BCUT2D eigenvalue weighted by Gasteiger charge is -2.31. The molecule has 1 aromatic rings. The van der Waals surface area contributed by atoms with Crippen LogP contribution in [0.2, 0.25) is 0 Å². The van der Waals surface area contributed by atoms with E-state index < -0.39 is 0 Å². The van der Waals surface area contributed by atoms with Crippen LogP contribution >= 0.6 is 0 Å². The van der Waals surface area contributed by atoms with Crippen molar-refractivity contribution in [3.05, 3.63) is 40.8 Å². The van der Waals surface area contributed by atoms with Crippen molar-refractivity contribution in [2.75, 3.05) is 0 Å². The normalized spacial score (nSPS) is 22.9. The summed E-state index contributed by atoms with van der Waals surface area (Å²) >= 11 is 0. The maximum Gasteiger partial charge on any atom is 0.161 e. The highest BCUT2D eigenvalue weighted by Crippen LogP contribution is 2.40. The van der Waals surface area contributed by atoms with Gasteiger partial charge in [0.1, 0.15) is 0 Å². The lowest BCUT2D eigenvalue weighted by atomic mass is 9.78. The number of carbonyl (C=O) groups excluding carboxylic acids is 1. The second kappa shape index (κ2) is 4.39. The summed E-state index contributed by atoms with van der Waals surface area (Å²) in [5.41, 5.74) is 3.93. The SMILES string of the molecule is CC1=C(C#N)[C@@H](c2cnc[nH]2)C2=C(CCCC2=O)N1. The van der Waals surface area contributed by atoms with Gasteiger partial charge >= 0.3 is 0 Å². The van der Waals surface area contributed by atoms with Crippen molar-refractivity contribution in [3.63, 3.8) is 0 Å². The smallest absolute Gasteiger partial charge is 0.161 e. The van der Waals surface area contributed by atoms with Crippen LogP contribution in [0.5, 0.6) is 0 Å². The van der Waals surface area contributed by atoms with Gasteiger partial charge in [0.05, 0.1) is 23.9 Å². The first-order valence-electron chi connectivity index (χ1n) is 6.34. The van der Waals surface area contributed by atoms with Gasteiger partial charge in [0, 0.05) is 35.3 Å². The highest BCUT2D eigenvalue weighted by molar-refractivity contribution is 5.99. The molecule has 3 rings (SSSR count). The molecule has 0 saturated carbocycles. The summed E-state index contributed by atoms with van der Waals surface area (Å²) < 4.78 is 0. The maximum absolute atomic E-state index is 12.2. The van der Waals surface area contributed by atoms with Crippen LogP contribution in [0.25, 0.3) is 0 Å². The summed E-state index contributed by atoms with van der Waals surface area (Å²) in [7, 11) is 0. The quantitative estimate of drug-likeness (QED) is 0.802. The molecule has 2 aliphatic rings. The molecule has 1 aliphatic carbocycles. The van der Waals surface area contributed by atoms with E-state index in [2.05, 4.69) is 21.4 Å². The number of allylic oxidation sites excluding steroid dienone is 4. The van der Waals surface area contributed by atoms with Crippen molar-refractivity contribution in [1.29, 1.82) is 5.26 Å². The van der Waals surface area contributed by atoms with Crippen molar-refractivity contribution in [2.24, 2.45) is 0 Å². The molecule has 1 atom stereocenters. The number of hydrogen-bond donors (Lipinski definition) is 2. The van der Waals surface area contributed by atoms with Gasteiger partial charge in [-0.25, -0.2) is 4.98 Å². The molecule has 0 bridgehead atoms. The van der Waals surface area contributed by atoms with Crippen LogP contribution < -0.4 is 5.32 Å². The van der Waals surface area contributed by atoms with Gasteiger partial charge in [0.2, 0.25) is 0 Å². The van der Waals surface area contributed by atoms with Crippen LogP contribution in [-0.4, -0.2) is 15.8 Å². The third kappa shape index (κ3) is 1.76. The fraction of sp³-hybridized carbons (Fsp3) is 0.357. The molecule has 1 aromatic heterocycles. The summed E-state index contributed by atoms with van der Waals surface area (Å²) in [6, 6.07) is 2.23. The lowest BCUT2D eigenvalue weighted by molar-refractivity contribution is -0.116. The number of dihydropyridines is 1. The van der Waals surface area contributed by atoms with E-state index in [0.29, 0.717) is 12.0 Å². The molecule has 2 N–H and O–H groups in total. The number of nitrogens with zero attached hydrogens (tertiary/aromatic N) is 2. The standard InChI is InChI=1S/C14H14N4O/c1-8-9(5-15)13(11-6-16-7-17-11)14-10(18-8)3-2-4-12(14)19/h6-7,13,18H,2-4H2,1H3,(H,16,17)/t13-/m0/s1. The minimum absolute atomic E-state index is 0.133. The Morgan fingerprint density at radius 3 is 3.00 bits per heavy atom. The predicted octanol–water partition coefficient (Wildman–Crippen LogP) is 1.90. The van der Waals surface area contributed by atoms with Crippen LogP contribution in [0.1, 0.15) is 37.8 Å². The van der Waals surface area contributed by atoms with E-state index in [1.807, 2.05) is 6.92 Å². The van der Waals surface area contributed by atoms with Crippen LogP contribution in [-0.2, 0) is 4.79 Å². The highest BCUT2D eigenvalue weighted by Gasteiger charge is 2.36. The summed E-state index contributed by atoms with van der Waals surface area (Å²) in [5.74, 6) is -0.162. The molecule has 0 radical (unpaired) electrons. The highest BCUT2D eigenvalue weighted by atomic mass is 16.1. The van der Waals surface area contributed by atoms with E-state index in [1.165, 1.54) is 0 Å². The molecule has 2 heterocycles. The number of H-pyrrole nitrogens is 1. The molecule has 0 spiro atoms. The minimum atomic E-state index is -0.295. The van der Waals surface area contributed by atoms with Crippen LogP contribution in [0.3, 0.4) is 0 Å². The van der Waals surface area contributed by atoms with E-state index in [1.54, 1.807) is 12.5 Å². The Labute approximate surface area is 111 Å². The first-order chi connectivity index (χ1) is 9.22. The molecule has 0 fully saturated rings. The fourth-order valence-corrected chi connectivity index (χ4v) is 2.87. The molecule has 0 amide bonds. The number of carbonyl (C=O) groups is 1. The average Bonchev–Trinajstić information content (AvgIpc) is 2.91. The van der Waals surface area contributed by atoms with Crippen LogP contribution in [0, 0.1) is 11.3 Å². The molecule has 5 nitrogen and oxygen atoms in total. The van der Waals surface area contributed by atoms with Gasteiger partial charge in [-0.15, -0.1) is 0 Å². The number of nitrogens with one attached hydrogen (secondary N) is 2. The first kappa shape index (κ1) is 11.7. The average molecular weight is 254 g/mol. The Morgan fingerprint density at radius 2 is 2.32 bits per heavy atom. The first-order valence-corrected chi connectivity index (χ1v) is 6.34. The number of rotatable bonds is 1. The molecule has 0 saturated heterocycles. The van der Waals surface area contributed by atoms with Crippen molar-refractivity contribution < 1.29 is 4.79 Å². The summed E-state index contributed by atoms with van der Waals surface area (Å²) in [4.78, 5) is 19.3. The zero-order valence-corrected chi connectivity index (χ0v) is 10.7. The van der Waals surface area contributed by atoms with E-state index in [0.717, 1.165) is 35.5 Å². The number of aromatic amines is 1. The van der Waals surface area contributed by atoms with Gasteiger partial charge in [-0.3, -0.25) is 4.79 Å². The second-order valence-electron chi connectivity index (χ2n) is 4.88. The summed E-state index contributed by atoms with van der Waals surface area (Å²) in [6.07, 6.45) is 5.56. The molecule has 96 valence electrons. The zero-order chi connectivity index (χ0) is 13.4. The van der Waals surface area contributed by atoms with Gasteiger partial charge < -0.3 is 10.3 Å². The Hall–Kier alpha value is -2.35. The molecule has 0 aromatic carbocycles. The van der Waals surface area contributed by atoms with E-state index in [-0.39, 0.29) is 11.7 Å². The number of imidazole rings is 1. The van der Waals surface area contributed by atoms with E-state index in [4.69, 9.17) is 0 Å². The van der Waals surface area contributed by atoms with Gasteiger partial charge in [-0.1, -0.05) is 0 Å². The van der Waals surface area contributed by atoms with E-state index in [9.17, 15) is 10.1 Å². The van der Waals surface area contributed by atoms with Crippen molar-refractivity contribution in [3.8, 4) is 6.07 Å². The number of hydrogen-bond acceptors (Lipinski definition) is 4. The molecular formula is C14H14N4O. The second-order valence-corrected chi connectivity index (χ2v) is 4.88. The number of Topliss-reactive ketones (excluding diaryl/α,β-unsaturated/α-hetero) is 1. The maximum atomic E-state index is 12.2. The lowest BCUT2D eigenvalue weighted by Crippen LogP contribution is -2.31. The Balaban J connectivity index is 2.18. The van der Waals surface area contributed by atoms with Gasteiger partial charge in [0.25, 0.3) is 0 Å². The number of aromatic nitrogens is 2. The summed E-state index contributed by atoms with van der Waals surface area (Å²) in [5, 5.41) is 12.6. The molecule has 5 heteroatoms. The van der Waals surface area contributed by atoms with Gasteiger partial charge in [-0.2, -0.15) is 5.26 Å². The summed E-state index contributed by atoms with van der Waals surface area (Å²) in [6.45, 7) is 1.88. The van der Waals surface area contributed by atoms with E-state index >= 15 is 0 Å². The Kier molecular flexibility index (Phi) is 2.71. The third-order valence-electron chi connectivity index (χ3n) is 3.73. The van der Waals surface area contributed by atoms with Gasteiger partial charge in [-0.05, 0) is 19.8 Å². The Morgan fingerprint density at radius 1 is 1.47 bits per heavy atom. The van der Waals surface area contributed by atoms with Crippen LogP contribution in [0.4, 0.5) is 0 Å². The van der Waals surface area contributed by atoms with Crippen LogP contribution in [0.15, 0.2) is 35.1 Å². The predicted molar refractivity (Wildman–Crippen MR) is 68.7 cm³/mol. The Bertz CT molecular complexity index is 631. The number of ketones is 1. The van der Waals surface area contributed by atoms with Gasteiger partial charge in [0.15, 0.2) is 5.78 Å². The topological polar surface area (TPSA) is 81.6 Å². The monoisotopic (exact) mass is 254 g/mol. The van der Waals surface area contributed by atoms with Crippen molar-refractivity contribution in [2.45, 2.75) is 32.1 Å². The minimum Gasteiger partial charge on any atom is -0.361 e. The molecule has 0 unspecified atom stereocenters. The molecular weight excluding hydrogens is 240 g/mol.